The predicted octanol–water partition coefficient (Wildman–Crippen LogP) is 2.66. The Bertz CT molecular complexity index is 540. The molecule has 7 heteroatoms. The standard InChI is InChI=1S/C13H14ClN3O3/c14-9-1-4-12(17(18)19)13(7-9)20-6-5-11(8-15)16-10-2-3-10/h1,4,7,10-11,16H,2-3,5-6H2. The summed E-state index contributed by atoms with van der Waals surface area (Å²) in [5.41, 5.74) is -0.127. The van der Waals surface area contributed by atoms with Crippen molar-refractivity contribution in [3.05, 3.63) is 33.3 Å². The number of nitro groups is 1. The molecule has 0 amide bonds. The Morgan fingerprint density at radius 2 is 2.35 bits per heavy atom. The third-order valence-corrected chi connectivity index (χ3v) is 3.19. The minimum absolute atomic E-state index is 0.127. The Balaban J connectivity index is 1.91. The van der Waals surface area contributed by atoms with E-state index in [0.717, 1.165) is 12.8 Å². The van der Waals surface area contributed by atoms with Gasteiger partial charge >= 0.3 is 5.69 Å². The zero-order valence-electron chi connectivity index (χ0n) is 10.7. The van der Waals surface area contributed by atoms with E-state index in [9.17, 15) is 10.1 Å². The van der Waals surface area contributed by atoms with E-state index in [4.69, 9.17) is 21.6 Å². The van der Waals surface area contributed by atoms with Crippen molar-refractivity contribution >= 4 is 17.3 Å². The van der Waals surface area contributed by atoms with Crippen LogP contribution in [-0.4, -0.2) is 23.6 Å². The maximum absolute atomic E-state index is 10.9. The van der Waals surface area contributed by atoms with Gasteiger partial charge in [0.25, 0.3) is 0 Å². The first kappa shape index (κ1) is 14.6. The lowest BCUT2D eigenvalue weighted by atomic mass is 10.2. The first-order chi connectivity index (χ1) is 9.60. The molecule has 0 aromatic heterocycles. The number of nitriles is 1. The molecular weight excluding hydrogens is 282 g/mol. The van der Waals surface area contributed by atoms with Crippen LogP contribution in [0.4, 0.5) is 5.69 Å². The summed E-state index contributed by atoms with van der Waals surface area (Å²) in [5, 5.41) is 23.4. The molecule has 0 aliphatic heterocycles. The van der Waals surface area contributed by atoms with E-state index in [1.54, 1.807) is 0 Å². The summed E-state index contributed by atoms with van der Waals surface area (Å²) in [6.07, 6.45) is 2.66. The van der Waals surface area contributed by atoms with Crippen LogP contribution in [0.3, 0.4) is 0 Å². The van der Waals surface area contributed by atoms with Gasteiger partial charge in [0.1, 0.15) is 0 Å². The predicted molar refractivity (Wildman–Crippen MR) is 73.8 cm³/mol. The first-order valence-corrected chi connectivity index (χ1v) is 6.70. The Hall–Kier alpha value is -1.84. The van der Waals surface area contributed by atoms with Gasteiger partial charge in [-0.05, 0) is 18.9 Å². The van der Waals surface area contributed by atoms with Crippen molar-refractivity contribution < 1.29 is 9.66 Å². The fourth-order valence-electron chi connectivity index (χ4n) is 1.76. The summed E-state index contributed by atoms with van der Waals surface area (Å²) in [6.45, 7) is 0.221. The summed E-state index contributed by atoms with van der Waals surface area (Å²) < 4.78 is 5.40. The van der Waals surface area contributed by atoms with Crippen LogP contribution >= 0.6 is 11.6 Å². The van der Waals surface area contributed by atoms with Crippen LogP contribution in [0.1, 0.15) is 19.3 Å². The second-order valence-electron chi connectivity index (χ2n) is 4.63. The summed E-state index contributed by atoms with van der Waals surface area (Å²) in [7, 11) is 0. The summed E-state index contributed by atoms with van der Waals surface area (Å²) in [4.78, 5) is 10.3. The SMILES string of the molecule is N#CC(CCOc1cc(Cl)ccc1[N+](=O)[O-])NC1CC1. The normalized spacial score (nSPS) is 15.4. The molecule has 0 saturated heterocycles. The van der Waals surface area contributed by atoms with Crippen molar-refractivity contribution in [2.45, 2.75) is 31.3 Å². The number of nitrogens with one attached hydrogen (secondary N) is 1. The van der Waals surface area contributed by atoms with E-state index < -0.39 is 4.92 Å². The van der Waals surface area contributed by atoms with Crippen LogP contribution in [0.2, 0.25) is 5.02 Å². The van der Waals surface area contributed by atoms with E-state index >= 15 is 0 Å². The number of benzene rings is 1. The van der Waals surface area contributed by atoms with E-state index in [2.05, 4.69) is 11.4 Å². The Labute approximate surface area is 121 Å². The molecule has 6 nitrogen and oxygen atoms in total. The van der Waals surface area contributed by atoms with Gasteiger partial charge in [-0.2, -0.15) is 5.26 Å². The van der Waals surface area contributed by atoms with Gasteiger partial charge in [0.2, 0.25) is 0 Å². The number of hydrogen-bond acceptors (Lipinski definition) is 5. The van der Waals surface area contributed by atoms with Crippen molar-refractivity contribution in [3.63, 3.8) is 0 Å². The molecule has 0 bridgehead atoms. The topological polar surface area (TPSA) is 88.2 Å². The van der Waals surface area contributed by atoms with Gasteiger partial charge in [-0.3, -0.25) is 15.4 Å². The molecule has 1 aliphatic rings. The Morgan fingerprint density at radius 3 is 2.95 bits per heavy atom. The number of halogens is 1. The van der Waals surface area contributed by atoms with E-state index in [1.165, 1.54) is 18.2 Å². The molecule has 1 saturated carbocycles. The van der Waals surface area contributed by atoms with Crippen LogP contribution in [-0.2, 0) is 0 Å². The lowest BCUT2D eigenvalue weighted by Crippen LogP contribution is -2.31. The average Bonchev–Trinajstić information content (AvgIpc) is 3.21. The number of rotatable bonds is 7. The molecule has 1 aliphatic carbocycles. The number of nitro benzene ring substituents is 1. The van der Waals surface area contributed by atoms with Crippen LogP contribution in [0, 0.1) is 21.4 Å². The van der Waals surface area contributed by atoms with Gasteiger partial charge in [-0.1, -0.05) is 11.6 Å². The fourth-order valence-corrected chi connectivity index (χ4v) is 1.92. The van der Waals surface area contributed by atoms with Crippen LogP contribution < -0.4 is 10.1 Å². The smallest absolute Gasteiger partial charge is 0.311 e. The largest absolute Gasteiger partial charge is 0.487 e. The molecule has 1 unspecified atom stereocenters. The highest BCUT2D eigenvalue weighted by atomic mass is 35.5. The van der Waals surface area contributed by atoms with Gasteiger partial charge < -0.3 is 4.74 Å². The average molecular weight is 296 g/mol. The molecule has 0 spiro atoms. The van der Waals surface area contributed by atoms with Gasteiger partial charge in [0.05, 0.1) is 23.6 Å². The lowest BCUT2D eigenvalue weighted by molar-refractivity contribution is -0.385. The van der Waals surface area contributed by atoms with E-state index in [-0.39, 0.29) is 24.1 Å². The first-order valence-electron chi connectivity index (χ1n) is 6.32. The molecule has 106 valence electrons. The van der Waals surface area contributed by atoms with Crippen LogP contribution in [0.5, 0.6) is 5.75 Å². The molecule has 1 aromatic rings. The third kappa shape index (κ3) is 4.08. The van der Waals surface area contributed by atoms with E-state index in [0.29, 0.717) is 17.5 Å². The second kappa shape index (κ2) is 6.55. The van der Waals surface area contributed by atoms with Crippen molar-refractivity contribution in [2.24, 2.45) is 0 Å². The Morgan fingerprint density at radius 1 is 1.60 bits per heavy atom. The Kier molecular flexibility index (Phi) is 4.77. The van der Waals surface area contributed by atoms with Crippen LogP contribution in [0.15, 0.2) is 18.2 Å². The third-order valence-electron chi connectivity index (χ3n) is 2.95. The van der Waals surface area contributed by atoms with Gasteiger partial charge in [-0.15, -0.1) is 0 Å². The number of ether oxygens (including phenoxy) is 1. The summed E-state index contributed by atoms with van der Waals surface area (Å²) in [5.74, 6) is 0.130. The van der Waals surface area contributed by atoms with E-state index in [1.807, 2.05) is 0 Å². The number of hydrogen-bond donors (Lipinski definition) is 1. The van der Waals surface area contributed by atoms with Gasteiger partial charge in [0.15, 0.2) is 5.75 Å². The molecule has 0 radical (unpaired) electrons. The minimum Gasteiger partial charge on any atom is -0.487 e. The highest BCUT2D eigenvalue weighted by molar-refractivity contribution is 6.30. The lowest BCUT2D eigenvalue weighted by Gasteiger charge is -2.11. The maximum atomic E-state index is 10.9. The summed E-state index contributed by atoms with van der Waals surface area (Å²) in [6, 6.07) is 6.46. The van der Waals surface area contributed by atoms with Crippen LogP contribution in [0.25, 0.3) is 0 Å². The monoisotopic (exact) mass is 295 g/mol. The zero-order valence-corrected chi connectivity index (χ0v) is 11.5. The molecule has 1 fully saturated rings. The summed E-state index contributed by atoms with van der Waals surface area (Å²) >= 11 is 5.80. The molecule has 1 N–H and O–H groups in total. The van der Waals surface area contributed by atoms with Gasteiger partial charge in [-0.25, -0.2) is 0 Å². The molecule has 1 atom stereocenters. The maximum Gasteiger partial charge on any atom is 0.311 e. The fraction of sp³-hybridized carbons (Fsp3) is 0.462. The molecule has 1 aromatic carbocycles. The highest BCUT2D eigenvalue weighted by Crippen LogP contribution is 2.30. The van der Waals surface area contributed by atoms with Crippen molar-refractivity contribution in [1.29, 1.82) is 5.26 Å². The van der Waals surface area contributed by atoms with Gasteiger partial charge in [0, 0.05) is 29.6 Å². The van der Waals surface area contributed by atoms with Crippen molar-refractivity contribution in [1.82, 2.24) is 5.32 Å². The highest BCUT2D eigenvalue weighted by Gasteiger charge is 2.24. The quantitative estimate of drug-likeness (QED) is 0.617. The van der Waals surface area contributed by atoms with Crippen molar-refractivity contribution in [2.75, 3.05) is 6.61 Å². The zero-order chi connectivity index (χ0) is 14.5. The molecule has 0 heterocycles. The van der Waals surface area contributed by atoms with Crippen molar-refractivity contribution in [3.8, 4) is 11.8 Å². The molecule has 20 heavy (non-hydrogen) atoms. The number of nitrogens with zero attached hydrogens (tertiary/aromatic N) is 2. The second-order valence-corrected chi connectivity index (χ2v) is 5.07. The molecule has 2 rings (SSSR count). The minimum atomic E-state index is -0.518. The molecular formula is C13H14ClN3O3.